The molecule has 0 saturated heterocycles. The molecule has 0 saturated carbocycles. The van der Waals surface area contributed by atoms with Crippen molar-refractivity contribution in [2.45, 2.75) is 66.2 Å². The van der Waals surface area contributed by atoms with Gasteiger partial charge in [0, 0.05) is 29.6 Å². The number of fused-ring (bicyclic) bond motifs is 1. The minimum absolute atomic E-state index is 0.0948. The maximum Gasteiger partial charge on any atom is 0.252 e. The van der Waals surface area contributed by atoms with Crippen LogP contribution in [0.1, 0.15) is 64.5 Å². The summed E-state index contributed by atoms with van der Waals surface area (Å²) in [5.74, 6) is 1.78. The largest absolute Gasteiger partial charge is 0.494 e. The highest BCUT2D eigenvalue weighted by atomic mass is 16.5. The van der Waals surface area contributed by atoms with Gasteiger partial charge in [0.1, 0.15) is 5.75 Å². The van der Waals surface area contributed by atoms with Gasteiger partial charge in [-0.15, -0.1) is 5.10 Å². The van der Waals surface area contributed by atoms with Gasteiger partial charge in [0.2, 0.25) is 0 Å². The fourth-order valence-electron chi connectivity index (χ4n) is 4.63. The molecule has 4 rings (SSSR count). The molecule has 8 heteroatoms. The molecule has 0 aliphatic heterocycles. The van der Waals surface area contributed by atoms with Gasteiger partial charge in [-0.1, -0.05) is 44.2 Å². The number of tetrazole rings is 1. The number of ether oxygens (including phenoxy) is 1. The number of aromatic nitrogens is 5. The first kappa shape index (κ1) is 25.6. The van der Waals surface area contributed by atoms with Crippen molar-refractivity contribution >= 4 is 10.9 Å². The van der Waals surface area contributed by atoms with Crippen LogP contribution in [0, 0.1) is 5.92 Å². The smallest absolute Gasteiger partial charge is 0.252 e. The first-order chi connectivity index (χ1) is 17.2. The summed E-state index contributed by atoms with van der Waals surface area (Å²) in [4.78, 5) is 18.5. The average Bonchev–Trinajstić information content (AvgIpc) is 3.30. The van der Waals surface area contributed by atoms with Gasteiger partial charge in [-0.3, -0.25) is 9.69 Å². The van der Waals surface area contributed by atoms with Gasteiger partial charge >= 0.3 is 0 Å². The predicted molar refractivity (Wildman–Crippen MR) is 142 cm³/mol. The monoisotopic (exact) mass is 488 g/mol. The van der Waals surface area contributed by atoms with Crippen LogP contribution in [0.4, 0.5) is 0 Å². The molecule has 2 aromatic carbocycles. The van der Waals surface area contributed by atoms with Crippen molar-refractivity contribution < 1.29 is 4.74 Å². The number of nitrogens with one attached hydrogen (secondary N) is 1. The Hall–Kier alpha value is -3.52. The molecule has 2 heterocycles. The van der Waals surface area contributed by atoms with Gasteiger partial charge in [0.15, 0.2) is 5.82 Å². The van der Waals surface area contributed by atoms with E-state index in [4.69, 9.17) is 4.74 Å². The number of hydrogen-bond donors (Lipinski definition) is 1. The van der Waals surface area contributed by atoms with Crippen LogP contribution in [-0.4, -0.2) is 36.7 Å². The summed E-state index contributed by atoms with van der Waals surface area (Å²) >= 11 is 0. The van der Waals surface area contributed by atoms with E-state index in [1.54, 1.807) is 0 Å². The number of nitrogens with zero attached hydrogens (tertiary/aromatic N) is 5. The fourth-order valence-corrected chi connectivity index (χ4v) is 4.63. The van der Waals surface area contributed by atoms with Crippen LogP contribution in [-0.2, 0) is 18.6 Å². The van der Waals surface area contributed by atoms with Crippen molar-refractivity contribution in [2.75, 3.05) is 6.61 Å². The lowest BCUT2D eigenvalue weighted by atomic mass is 9.98. The second-order valence-electron chi connectivity index (χ2n) is 10.5. The van der Waals surface area contributed by atoms with Crippen LogP contribution in [0.15, 0.2) is 59.4 Å². The summed E-state index contributed by atoms with van der Waals surface area (Å²) in [6.45, 7) is 14.3. The molecule has 8 nitrogen and oxygen atoms in total. The first-order valence-electron chi connectivity index (χ1n) is 12.5. The highest BCUT2D eigenvalue weighted by molar-refractivity contribution is 5.80. The van der Waals surface area contributed by atoms with Crippen LogP contribution in [0.5, 0.6) is 5.75 Å². The zero-order valence-corrected chi connectivity index (χ0v) is 22.0. The maximum absolute atomic E-state index is 13.2. The van der Waals surface area contributed by atoms with Gasteiger partial charge in [-0.25, -0.2) is 4.68 Å². The van der Waals surface area contributed by atoms with E-state index < -0.39 is 0 Å². The van der Waals surface area contributed by atoms with E-state index in [1.807, 2.05) is 54.1 Å². The summed E-state index contributed by atoms with van der Waals surface area (Å²) in [7, 11) is 0. The van der Waals surface area contributed by atoms with E-state index in [1.165, 1.54) is 0 Å². The summed E-state index contributed by atoms with van der Waals surface area (Å²) in [6, 6.07) is 17.9. The third-order valence-corrected chi connectivity index (χ3v) is 6.22. The van der Waals surface area contributed by atoms with Crippen molar-refractivity contribution in [3.05, 3.63) is 81.9 Å². The van der Waals surface area contributed by atoms with E-state index in [-0.39, 0.29) is 23.1 Å². The zero-order chi connectivity index (χ0) is 25.9. The average molecular weight is 489 g/mol. The molecule has 0 aliphatic carbocycles. The Morgan fingerprint density at radius 2 is 1.81 bits per heavy atom. The van der Waals surface area contributed by atoms with Crippen molar-refractivity contribution in [3.8, 4) is 5.75 Å². The quantitative estimate of drug-likeness (QED) is 0.354. The Labute approximate surface area is 212 Å². The van der Waals surface area contributed by atoms with Gasteiger partial charge in [-0.2, -0.15) is 0 Å². The van der Waals surface area contributed by atoms with Crippen LogP contribution in [0.3, 0.4) is 0 Å². The normalized spacial score (nSPS) is 13.0. The lowest BCUT2D eigenvalue weighted by Gasteiger charge is -2.35. The van der Waals surface area contributed by atoms with Crippen LogP contribution in [0.2, 0.25) is 0 Å². The fraction of sp³-hybridized carbons (Fsp3) is 0.429. The number of pyridine rings is 1. The van der Waals surface area contributed by atoms with Crippen molar-refractivity contribution in [3.63, 3.8) is 0 Å². The third-order valence-electron chi connectivity index (χ3n) is 6.22. The molecule has 0 radical (unpaired) electrons. The minimum atomic E-state index is -0.277. The van der Waals surface area contributed by atoms with E-state index in [2.05, 4.69) is 72.2 Å². The number of rotatable bonds is 9. The summed E-state index contributed by atoms with van der Waals surface area (Å²) in [6.07, 6.45) is 0. The molecule has 36 heavy (non-hydrogen) atoms. The van der Waals surface area contributed by atoms with Crippen molar-refractivity contribution in [2.24, 2.45) is 5.92 Å². The molecule has 0 spiro atoms. The summed E-state index contributed by atoms with van der Waals surface area (Å²) < 4.78 is 7.58. The summed E-state index contributed by atoms with van der Waals surface area (Å²) in [5, 5.41) is 13.8. The Bertz CT molecular complexity index is 1350. The van der Waals surface area contributed by atoms with E-state index in [0.717, 1.165) is 28.0 Å². The SMILES string of the molecule is CCOc1ccc2[nH]c(=O)c(CN(Cc3ccccc3)C(c3nnnn3C(C)(C)C)C(C)C)cc2c1. The predicted octanol–water partition coefficient (Wildman–Crippen LogP) is 5.07. The molecule has 2 aromatic heterocycles. The molecule has 0 fully saturated rings. The maximum atomic E-state index is 13.2. The van der Waals surface area contributed by atoms with Crippen LogP contribution in [0.25, 0.3) is 10.9 Å². The van der Waals surface area contributed by atoms with Gasteiger partial charge in [-0.05, 0) is 73.9 Å². The zero-order valence-electron chi connectivity index (χ0n) is 22.0. The Kier molecular flexibility index (Phi) is 7.54. The molecule has 1 unspecified atom stereocenters. The van der Waals surface area contributed by atoms with Crippen molar-refractivity contribution in [1.29, 1.82) is 0 Å². The molecule has 1 atom stereocenters. The number of hydrogen-bond acceptors (Lipinski definition) is 6. The Balaban J connectivity index is 1.79. The standard InChI is InChI=1S/C28H36N6O2/c1-7-36-23-13-14-24-21(16-23)15-22(27(35)29-24)18-33(17-20-11-9-8-10-12-20)25(19(2)3)26-30-31-32-34(26)28(4,5)6/h8-16,19,25H,7,17-18H2,1-6H3,(H,29,35). The topological polar surface area (TPSA) is 88.9 Å². The Morgan fingerprint density at radius 3 is 2.47 bits per heavy atom. The lowest BCUT2D eigenvalue weighted by molar-refractivity contribution is 0.120. The highest BCUT2D eigenvalue weighted by Crippen LogP contribution is 2.32. The van der Waals surface area contributed by atoms with Crippen LogP contribution < -0.4 is 10.3 Å². The van der Waals surface area contributed by atoms with E-state index >= 15 is 0 Å². The highest BCUT2D eigenvalue weighted by Gasteiger charge is 2.32. The Morgan fingerprint density at radius 1 is 1.06 bits per heavy atom. The first-order valence-corrected chi connectivity index (χ1v) is 12.5. The van der Waals surface area contributed by atoms with E-state index in [9.17, 15) is 4.79 Å². The van der Waals surface area contributed by atoms with Crippen molar-refractivity contribution in [1.82, 2.24) is 30.1 Å². The number of H-pyrrole nitrogens is 1. The molecule has 1 N–H and O–H groups in total. The van der Waals surface area contributed by atoms with Gasteiger partial charge < -0.3 is 9.72 Å². The molecule has 0 aliphatic rings. The van der Waals surface area contributed by atoms with Gasteiger partial charge in [0.05, 0.1) is 18.2 Å². The second-order valence-corrected chi connectivity index (χ2v) is 10.5. The number of aromatic amines is 1. The minimum Gasteiger partial charge on any atom is -0.494 e. The molecular formula is C28H36N6O2. The van der Waals surface area contributed by atoms with Gasteiger partial charge in [0.25, 0.3) is 5.56 Å². The van der Waals surface area contributed by atoms with Crippen LogP contribution >= 0.6 is 0 Å². The van der Waals surface area contributed by atoms with E-state index in [0.29, 0.717) is 25.3 Å². The molecule has 4 aromatic rings. The lowest BCUT2D eigenvalue weighted by Crippen LogP contribution is -2.37. The molecule has 0 amide bonds. The number of benzene rings is 2. The third kappa shape index (κ3) is 5.65. The molecule has 0 bridgehead atoms. The molecule has 190 valence electrons. The summed E-state index contributed by atoms with van der Waals surface area (Å²) in [5.41, 5.74) is 2.27. The second kappa shape index (κ2) is 10.6. The molecular weight excluding hydrogens is 452 g/mol.